The molecule has 2 heterocycles. The average Bonchev–Trinajstić information content (AvgIpc) is 2.97. The van der Waals surface area contributed by atoms with Gasteiger partial charge in [-0.3, -0.25) is 0 Å². The molecule has 1 aliphatic heterocycles. The van der Waals surface area contributed by atoms with E-state index in [0.717, 1.165) is 12.8 Å². The van der Waals surface area contributed by atoms with Gasteiger partial charge in [0.05, 0.1) is 11.1 Å². The van der Waals surface area contributed by atoms with Gasteiger partial charge < -0.3 is 4.74 Å². The molecule has 21 heavy (non-hydrogen) atoms. The summed E-state index contributed by atoms with van der Waals surface area (Å²) in [6.07, 6.45) is 1.52. The van der Waals surface area contributed by atoms with Crippen molar-refractivity contribution in [2.75, 3.05) is 20.2 Å². The fourth-order valence-electron chi connectivity index (χ4n) is 2.48. The summed E-state index contributed by atoms with van der Waals surface area (Å²) in [7, 11) is -2.10. The van der Waals surface area contributed by atoms with Crippen molar-refractivity contribution >= 4 is 32.7 Å². The molecule has 1 aliphatic rings. The summed E-state index contributed by atoms with van der Waals surface area (Å²) < 4.78 is 36.9. The van der Waals surface area contributed by atoms with Crippen LogP contribution in [0.5, 0.6) is 0 Å². The molecule has 1 aromatic carbocycles. The number of hydrogen-bond donors (Lipinski definition) is 0. The number of sulfonamides is 1. The summed E-state index contributed by atoms with van der Waals surface area (Å²) in [6, 6.07) is 2.92. The first-order valence-corrected chi connectivity index (χ1v) is 8.29. The summed E-state index contributed by atoms with van der Waals surface area (Å²) in [5.41, 5.74) is 0.403. The van der Waals surface area contributed by atoms with Gasteiger partial charge >= 0.3 is 0 Å². The number of ether oxygens (including phenoxy) is 1. The molecular formula is C12H14ClN3O4S. The molecule has 0 radical (unpaired) electrons. The van der Waals surface area contributed by atoms with E-state index in [-0.39, 0.29) is 22.0 Å². The molecule has 0 amide bonds. The third-order valence-corrected chi connectivity index (χ3v) is 5.82. The van der Waals surface area contributed by atoms with E-state index in [9.17, 15) is 8.42 Å². The number of piperidine rings is 1. The Morgan fingerprint density at radius 1 is 1.38 bits per heavy atom. The van der Waals surface area contributed by atoms with Crippen LogP contribution in [0.2, 0.25) is 5.02 Å². The van der Waals surface area contributed by atoms with E-state index >= 15 is 0 Å². The SMILES string of the molecule is COC1CCCN(S(=O)(=O)c2ccc(Cl)c3nonc23)C1. The van der Waals surface area contributed by atoms with Crippen molar-refractivity contribution in [3.8, 4) is 0 Å². The quantitative estimate of drug-likeness (QED) is 0.850. The van der Waals surface area contributed by atoms with E-state index in [1.165, 1.54) is 16.4 Å². The van der Waals surface area contributed by atoms with E-state index in [1.807, 2.05) is 0 Å². The number of rotatable bonds is 3. The van der Waals surface area contributed by atoms with E-state index in [4.69, 9.17) is 16.3 Å². The maximum Gasteiger partial charge on any atom is 0.245 e. The lowest BCUT2D eigenvalue weighted by atomic mass is 10.1. The predicted octanol–water partition coefficient (Wildman–Crippen LogP) is 1.68. The minimum Gasteiger partial charge on any atom is -0.380 e. The first-order chi connectivity index (χ1) is 10.0. The number of benzene rings is 1. The zero-order valence-corrected chi connectivity index (χ0v) is 12.9. The number of hydrogen-bond acceptors (Lipinski definition) is 6. The van der Waals surface area contributed by atoms with E-state index < -0.39 is 10.0 Å². The Hall–Kier alpha value is -1.22. The Balaban J connectivity index is 2.04. The van der Waals surface area contributed by atoms with E-state index in [1.54, 1.807) is 7.11 Å². The maximum absolute atomic E-state index is 12.8. The topological polar surface area (TPSA) is 85.5 Å². The first kappa shape index (κ1) is 14.7. The summed E-state index contributed by atoms with van der Waals surface area (Å²) in [4.78, 5) is 0.0555. The van der Waals surface area contributed by atoms with Crippen molar-refractivity contribution < 1.29 is 17.8 Å². The minimum atomic E-state index is -3.69. The van der Waals surface area contributed by atoms with Gasteiger partial charge in [-0.25, -0.2) is 13.0 Å². The molecule has 2 aromatic rings. The van der Waals surface area contributed by atoms with Crippen molar-refractivity contribution in [2.45, 2.75) is 23.8 Å². The van der Waals surface area contributed by atoms with Gasteiger partial charge in [-0.2, -0.15) is 4.31 Å². The highest BCUT2D eigenvalue weighted by Crippen LogP contribution is 2.30. The standard InChI is InChI=1S/C12H14ClN3O4S/c1-19-8-3-2-6-16(7-8)21(17,18)10-5-4-9(13)11-12(10)15-20-14-11/h4-5,8H,2-3,6-7H2,1H3. The second-order valence-corrected chi connectivity index (χ2v) is 7.18. The highest BCUT2D eigenvalue weighted by atomic mass is 35.5. The van der Waals surface area contributed by atoms with Gasteiger partial charge in [-0.1, -0.05) is 11.6 Å². The fourth-order valence-corrected chi connectivity index (χ4v) is 4.29. The lowest BCUT2D eigenvalue weighted by Crippen LogP contribution is -2.42. The number of fused-ring (bicyclic) bond motifs is 1. The Morgan fingerprint density at radius 3 is 2.90 bits per heavy atom. The third kappa shape index (κ3) is 2.52. The number of halogens is 1. The average molecular weight is 332 g/mol. The molecule has 3 rings (SSSR count). The van der Waals surface area contributed by atoms with Crippen molar-refractivity contribution in [3.63, 3.8) is 0 Å². The van der Waals surface area contributed by atoms with Gasteiger partial charge in [0.1, 0.15) is 4.90 Å². The normalized spacial score (nSPS) is 21.0. The van der Waals surface area contributed by atoms with Gasteiger partial charge in [-0.15, -0.1) is 0 Å². The molecule has 114 valence electrons. The van der Waals surface area contributed by atoms with Gasteiger partial charge in [0, 0.05) is 20.2 Å². The van der Waals surface area contributed by atoms with E-state index in [0.29, 0.717) is 18.1 Å². The molecule has 1 unspecified atom stereocenters. The zero-order chi connectivity index (χ0) is 15.0. The van der Waals surface area contributed by atoms with Gasteiger partial charge in [0.2, 0.25) is 10.0 Å². The Bertz CT molecular complexity index is 761. The second-order valence-electron chi connectivity index (χ2n) is 4.87. The molecule has 0 N–H and O–H groups in total. The second kappa shape index (κ2) is 5.53. The van der Waals surface area contributed by atoms with Crippen LogP contribution in [0.1, 0.15) is 12.8 Å². The van der Waals surface area contributed by atoms with Gasteiger partial charge in [-0.05, 0) is 35.3 Å². The van der Waals surface area contributed by atoms with Crippen molar-refractivity contribution in [2.24, 2.45) is 0 Å². The van der Waals surface area contributed by atoms with Crippen LogP contribution in [0, 0.1) is 0 Å². The molecule has 1 fully saturated rings. The number of methoxy groups -OCH3 is 1. The van der Waals surface area contributed by atoms with Gasteiger partial charge in [0.25, 0.3) is 0 Å². The van der Waals surface area contributed by atoms with Crippen LogP contribution in [0.25, 0.3) is 11.0 Å². The molecule has 1 aromatic heterocycles. The highest BCUT2D eigenvalue weighted by Gasteiger charge is 2.32. The largest absolute Gasteiger partial charge is 0.380 e. The monoisotopic (exact) mass is 331 g/mol. The molecule has 0 bridgehead atoms. The molecular weight excluding hydrogens is 318 g/mol. The van der Waals surface area contributed by atoms with Gasteiger partial charge in [0.15, 0.2) is 11.0 Å². The predicted molar refractivity (Wildman–Crippen MR) is 75.6 cm³/mol. The third-order valence-electron chi connectivity index (χ3n) is 3.62. The summed E-state index contributed by atoms with van der Waals surface area (Å²) in [5, 5.41) is 7.62. The molecule has 7 nitrogen and oxygen atoms in total. The molecule has 1 atom stereocenters. The number of nitrogens with zero attached hydrogens (tertiary/aromatic N) is 3. The van der Waals surface area contributed by atoms with Crippen molar-refractivity contribution in [1.29, 1.82) is 0 Å². The molecule has 0 aliphatic carbocycles. The Kier molecular flexibility index (Phi) is 3.87. The number of aromatic nitrogens is 2. The van der Waals surface area contributed by atoms with E-state index in [2.05, 4.69) is 14.9 Å². The maximum atomic E-state index is 12.8. The van der Waals surface area contributed by atoms with Crippen LogP contribution in [0.4, 0.5) is 0 Å². The van der Waals surface area contributed by atoms with Crippen LogP contribution >= 0.6 is 11.6 Å². The van der Waals surface area contributed by atoms with Crippen LogP contribution in [-0.4, -0.2) is 49.3 Å². The summed E-state index contributed by atoms with van der Waals surface area (Å²) >= 11 is 5.96. The minimum absolute atomic E-state index is 0.0555. The lowest BCUT2D eigenvalue weighted by Gasteiger charge is -2.31. The van der Waals surface area contributed by atoms with Crippen molar-refractivity contribution in [3.05, 3.63) is 17.2 Å². The van der Waals surface area contributed by atoms with Crippen LogP contribution < -0.4 is 0 Å². The van der Waals surface area contributed by atoms with Crippen LogP contribution in [-0.2, 0) is 14.8 Å². The summed E-state index contributed by atoms with van der Waals surface area (Å²) in [5.74, 6) is 0. The molecule has 0 saturated carbocycles. The van der Waals surface area contributed by atoms with Crippen molar-refractivity contribution in [1.82, 2.24) is 14.6 Å². The Morgan fingerprint density at radius 2 is 2.14 bits per heavy atom. The first-order valence-electron chi connectivity index (χ1n) is 6.47. The van der Waals surface area contributed by atoms with Crippen LogP contribution in [0.15, 0.2) is 21.7 Å². The Labute approximate surface area is 126 Å². The molecule has 1 saturated heterocycles. The summed E-state index contributed by atoms with van der Waals surface area (Å²) in [6.45, 7) is 0.784. The zero-order valence-electron chi connectivity index (χ0n) is 11.3. The molecule has 0 spiro atoms. The lowest BCUT2D eigenvalue weighted by molar-refractivity contribution is 0.0572. The fraction of sp³-hybridized carbons (Fsp3) is 0.500. The molecule has 9 heteroatoms. The smallest absolute Gasteiger partial charge is 0.245 e. The highest BCUT2D eigenvalue weighted by molar-refractivity contribution is 7.89. The van der Waals surface area contributed by atoms with Crippen LogP contribution in [0.3, 0.4) is 0 Å².